The van der Waals surface area contributed by atoms with Gasteiger partial charge in [0.2, 0.25) is 0 Å². The molecule has 1 aliphatic carbocycles. The molecule has 0 unspecified atom stereocenters. The lowest BCUT2D eigenvalue weighted by molar-refractivity contribution is 0.534. The molecular weight excluding hydrogens is 208 g/mol. The molecule has 0 saturated heterocycles. The Balaban J connectivity index is 1.95. The van der Waals surface area contributed by atoms with Gasteiger partial charge in [-0.1, -0.05) is 32.0 Å². The maximum absolute atomic E-state index is 5.70. The first kappa shape index (κ1) is 10.8. The van der Waals surface area contributed by atoms with Crippen molar-refractivity contribution < 1.29 is 0 Å². The Morgan fingerprint density at radius 3 is 2.76 bits per heavy atom. The van der Waals surface area contributed by atoms with Gasteiger partial charge in [-0.15, -0.1) is 0 Å². The first-order valence-electron chi connectivity index (χ1n) is 6.42. The van der Waals surface area contributed by atoms with Crippen LogP contribution in [0.5, 0.6) is 0 Å². The fourth-order valence-electron chi connectivity index (χ4n) is 3.34. The lowest BCUT2D eigenvalue weighted by Gasteiger charge is -1.99. The van der Waals surface area contributed by atoms with Crippen molar-refractivity contribution in [2.45, 2.75) is 26.2 Å². The van der Waals surface area contributed by atoms with Crippen molar-refractivity contribution in [2.75, 3.05) is 6.54 Å². The number of aromatic nitrogens is 1. The van der Waals surface area contributed by atoms with Gasteiger partial charge in [0.25, 0.3) is 0 Å². The van der Waals surface area contributed by atoms with E-state index < -0.39 is 0 Å². The minimum absolute atomic E-state index is 0.403. The fourth-order valence-corrected chi connectivity index (χ4v) is 3.34. The molecular formula is C15H20N2. The highest BCUT2D eigenvalue weighted by molar-refractivity contribution is 5.80. The second kappa shape index (κ2) is 3.61. The molecule has 0 bridgehead atoms. The lowest BCUT2D eigenvalue weighted by atomic mass is 10.1. The Hall–Kier alpha value is -1.28. The molecule has 3 N–H and O–H groups in total. The van der Waals surface area contributed by atoms with E-state index in [-0.39, 0.29) is 0 Å². The highest BCUT2D eigenvalue weighted by Crippen LogP contribution is 2.65. The summed E-state index contributed by atoms with van der Waals surface area (Å²) in [5, 5.41) is 1.32. The zero-order valence-electron chi connectivity index (χ0n) is 10.5. The zero-order chi connectivity index (χ0) is 12.0. The average molecular weight is 228 g/mol. The van der Waals surface area contributed by atoms with Crippen LogP contribution in [-0.4, -0.2) is 11.5 Å². The van der Waals surface area contributed by atoms with Crippen molar-refractivity contribution in [3.05, 3.63) is 36.0 Å². The number of rotatable bonds is 3. The van der Waals surface area contributed by atoms with Crippen molar-refractivity contribution in [3.8, 4) is 0 Å². The van der Waals surface area contributed by atoms with E-state index in [1.807, 2.05) is 0 Å². The molecule has 2 aromatic rings. The Labute approximate surface area is 102 Å². The summed E-state index contributed by atoms with van der Waals surface area (Å²) in [6, 6.07) is 10.8. The van der Waals surface area contributed by atoms with E-state index in [2.05, 4.69) is 49.2 Å². The zero-order valence-corrected chi connectivity index (χ0v) is 10.5. The van der Waals surface area contributed by atoms with E-state index >= 15 is 0 Å². The van der Waals surface area contributed by atoms with Gasteiger partial charge in [0.1, 0.15) is 0 Å². The predicted molar refractivity (Wildman–Crippen MR) is 72.0 cm³/mol. The molecule has 17 heavy (non-hydrogen) atoms. The van der Waals surface area contributed by atoms with Crippen LogP contribution in [0.15, 0.2) is 30.3 Å². The highest BCUT2D eigenvalue weighted by Gasteiger charge is 2.57. The molecule has 90 valence electrons. The van der Waals surface area contributed by atoms with Crippen LogP contribution < -0.4 is 5.73 Å². The van der Waals surface area contributed by atoms with Crippen molar-refractivity contribution in [3.63, 3.8) is 0 Å². The van der Waals surface area contributed by atoms with Gasteiger partial charge in [0.15, 0.2) is 0 Å². The molecule has 1 aromatic heterocycles. The molecule has 0 aliphatic heterocycles. The molecule has 3 rings (SSSR count). The van der Waals surface area contributed by atoms with Crippen LogP contribution in [0.3, 0.4) is 0 Å². The van der Waals surface area contributed by atoms with E-state index in [1.54, 1.807) is 0 Å². The largest absolute Gasteiger partial charge is 0.358 e. The van der Waals surface area contributed by atoms with Gasteiger partial charge in [0, 0.05) is 17.1 Å². The number of aromatic amines is 1. The van der Waals surface area contributed by atoms with Gasteiger partial charge in [0.05, 0.1) is 0 Å². The molecule has 0 amide bonds. The van der Waals surface area contributed by atoms with E-state index in [0.29, 0.717) is 11.3 Å². The number of H-pyrrole nitrogens is 1. The third-order valence-electron chi connectivity index (χ3n) is 4.41. The third kappa shape index (κ3) is 1.59. The Morgan fingerprint density at radius 2 is 2.06 bits per heavy atom. The third-order valence-corrected chi connectivity index (χ3v) is 4.41. The van der Waals surface area contributed by atoms with Crippen LogP contribution in [0.4, 0.5) is 0 Å². The summed E-state index contributed by atoms with van der Waals surface area (Å²) in [6.45, 7) is 5.50. The fraction of sp³-hybridized carbons (Fsp3) is 0.467. The minimum atomic E-state index is 0.403. The van der Waals surface area contributed by atoms with E-state index in [9.17, 15) is 0 Å². The molecule has 2 atom stereocenters. The van der Waals surface area contributed by atoms with Crippen molar-refractivity contribution >= 4 is 10.9 Å². The topological polar surface area (TPSA) is 41.8 Å². The van der Waals surface area contributed by atoms with Gasteiger partial charge >= 0.3 is 0 Å². The second-order valence-electron chi connectivity index (χ2n) is 5.79. The van der Waals surface area contributed by atoms with Crippen LogP contribution in [-0.2, 0) is 0 Å². The number of hydrogen-bond acceptors (Lipinski definition) is 1. The van der Waals surface area contributed by atoms with Crippen LogP contribution in [0, 0.1) is 11.3 Å². The Morgan fingerprint density at radius 1 is 1.29 bits per heavy atom. The van der Waals surface area contributed by atoms with Gasteiger partial charge in [-0.3, -0.25) is 0 Å². The molecule has 0 spiro atoms. The predicted octanol–water partition coefficient (Wildman–Crippen LogP) is 3.26. The van der Waals surface area contributed by atoms with E-state index in [4.69, 9.17) is 5.73 Å². The molecule has 1 aromatic carbocycles. The van der Waals surface area contributed by atoms with Gasteiger partial charge in [-0.25, -0.2) is 0 Å². The molecule has 1 heterocycles. The van der Waals surface area contributed by atoms with Crippen LogP contribution in [0.2, 0.25) is 0 Å². The quantitative estimate of drug-likeness (QED) is 0.832. The highest BCUT2D eigenvalue weighted by atomic mass is 14.8. The minimum Gasteiger partial charge on any atom is -0.358 e. The maximum atomic E-state index is 5.70. The Bertz CT molecular complexity index is 506. The van der Waals surface area contributed by atoms with E-state index in [0.717, 1.165) is 18.9 Å². The number of hydrogen-bond donors (Lipinski definition) is 2. The number of benzene rings is 1. The van der Waals surface area contributed by atoms with Crippen LogP contribution >= 0.6 is 0 Å². The molecule has 2 nitrogen and oxygen atoms in total. The number of para-hydroxylation sites is 1. The lowest BCUT2D eigenvalue weighted by Crippen LogP contribution is -2.01. The van der Waals surface area contributed by atoms with Crippen molar-refractivity contribution in [2.24, 2.45) is 17.1 Å². The van der Waals surface area contributed by atoms with Crippen molar-refractivity contribution in [1.82, 2.24) is 4.98 Å². The molecule has 1 saturated carbocycles. The normalized spacial score (nSPS) is 26.3. The van der Waals surface area contributed by atoms with Gasteiger partial charge < -0.3 is 10.7 Å². The molecule has 0 radical (unpaired) electrons. The van der Waals surface area contributed by atoms with Gasteiger partial charge in [-0.05, 0) is 41.8 Å². The molecule has 1 fully saturated rings. The summed E-state index contributed by atoms with van der Waals surface area (Å²) in [4.78, 5) is 3.56. The average Bonchev–Trinajstić information content (AvgIpc) is 2.70. The number of fused-ring (bicyclic) bond motifs is 1. The SMILES string of the molecule is CC1(C)[C@@H](CCN)[C@@H]1c1cc2ccccc2[nH]1. The summed E-state index contributed by atoms with van der Waals surface area (Å²) < 4.78 is 0. The summed E-state index contributed by atoms with van der Waals surface area (Å²) in [6.07, 6.45) is 1.13. The van der Waals surface area contributed by atoms with Crippen LogP contribution in [0.1, 0.15) is 31.9 Å². The number of nitrogens with one attached hydrogen (secondary N) is 1. The maximum Gasteiger partial charge on any atom is 0.0456 e. The summed E-state index contributed by atoms with van der Waals surface area (Å²) in [5.41, 5.74) is 8.73. The second-order valence-corrected chi connectivity index (χ2v) is 5.79. The first-order chi connectivity index (χ1) is 8.14. The van der Waals surface area contributed by atoms with E-state index in [1.165, 1.54) is 16.6 Å². The number of nitrogens with two attached hydrogens (primary N) is 1. The standard InChI is InChI=1S/C15H20N2/c1-15(2)11(7-8-16)14(15)13-9-10-5-3-4-6-12(10)17-13/h3-6,9,11,14,17H,7-8,16H2,1-2H3/t11-,14+/m0/s1. The van der Waals surface area contributed by atoms with Crippen molar-refractivity contribution in [1.29, 1.82) is 0 Å². The van der Waals surface area contributed by atoms with Gasteiger partial charge in [-0.2, -0.15) is 0 Å². The van der Waals surface area contributed by atoms with Crippen LogP contribution in [0.25, 0.3) is 10.9 Å². The monoisotopic (exact) mass is 228 g/mol. The Kier molecular flexibility index (Phi) is 2.30. The molecule has 2 heteroatoms. The summed E-state index contributed by atoms with van der Waals surface area (Å²) in [7, 11) is 0. The smallest absolute Gasteiger partial charge is 0.0456 e. The first-order valence-corrected chi connectivity index (χ1v) is 6.42. The summed E-state index contributed by atoms with van der Waals surface area (Å²) >= 11 is 0. The molecule has 1 aliphatic rings. The summed E-state index contributed by atoms with van der Waals surface area (Å²) in [5.74, 6) is 1.39.